The van der Waals surface area contributed by atoms with Crippen LogP contribution < -0.4 is 10.3 Å². The van der Waals surface area contributed by atoms with E-state index in [2.05, 4.69) is 33.9 Å². The molecule has 212 valence electrons. The van der Waals surface area contributed by atoms with Gasteiger partial charge >= 0.3 is 0 Å². The molecular formula is C30H31FN6O3S. The summed E-state index contributed by atoms with van der Waals surface area (Å²) in [4.78, 5) is 17.4. The average Bonchev–Trinajstić information content (AvgIpc) is 3.47. The van der Waals surface area contributed by atoms with Crippen LogP contribution in [0.4, 0.5) is 4.39 Å². The zero-order valence-electron chi connectivity index (χ0n) is 23.4. The van der Waals surface area contributed by atoms with Crippen LogP contribution in [0.1, 0.15) is 5.56 Å². The van der Waals surface area contributed by atoms with Crippen LogP contribution in [0.25, 0.3) is 32.7 Å². The van der Waals surface area contributed by atoms with Crippen LogP contribution in [0, 0.1) is 5.95 Å². The molecule has 0 fully saturated rings. The first kappa shape index (κ1) is 27.0. The lowest BCUT2D eigenvalue weighted by molar-refractivity contribution is 0.0841. The summed E-state index contributed by atoms with van der Waals surface area (Å²) in [5.41, 5.74) is 3.02. The van der Waals surface area contributed by atoms with Crippen LogP contribution in [0.15, 0.2) is 71.8 Å². The Morgan fingerprint density at radius 2 is 1.68 bits per heavy atom. The second-order valence-electron chi connectivity index (χ2n) is 10.8. The number of pyridine rings is 1. The van der Waals surface area contributed by atoms with Gasteiger partial charge in [0.2, 0.25) is 11.8 Å². The molecule has 6 rings (SSSR count). The minimum Gasteiger partial charge on any atom is -0.439 e. The first-order chi connectivity index (χ1) is 19.7. The van der Waals surface area contributed by atoms with E-state index in [-0.39, 0.29) is 11.4 Å². The molecule has 0 aliphatic rings. The van der Waals surface area contributed by atoms with Crippen molar-refractivity contribution in [2.45, 2.75) is 13.3 Å². The van der Waals surface area contributed by atoms with Gasteiger partial charge in [-0.15, -0.1) is 0 Å². The lowest BCUT2D eigenvalue weighted by atomic mass is 10.1. The molecule has 0 unspecified atom stereocenters. The highest BCUT2D eigenvalue weighted by Crippen LogP contribution is 2.34. The SMILES string of the molecule is Cn1c2cc(Oc3cccc(F)n3)ccc2c2cnn(Cc3cccc4c3cnn4COCCS(C)(C)C)c(=O)c21. The minimum atomic E-state index is -0.618. The molecule has 6 aromatic rings. The van der Waals surface area contributed by atoms with Gasteiger partial charge in [-0.1, -0.05) is 18.2 Å². The Morgan fingerprint density at radius 3 is 2.49 bits per heavy atom. The molecule has 0 aliphatic carbocycles. The fourth-order valence-corrected chi connectivity index (χ4v) is 5.52. The molecule has 0 bridgehead atoms. The Hall–Kier alpha value is -4.22. The average molecular weight is 575 g/mol. The fourth-order valence-electron chi connectivity index (χ4n) is 4.91. The third kappa shape index (κ3) is 5.42. The van der Waals surface area contributed by atoms with Crippen LogP contribution in [-0.4, -0.2) is 60.2 Å². The molecule has 0 atom stereocenters. The summed E-state index contributed by atoms with van der Waals surface area (Å²) in [6.45, 7) is 1.37. The van der Waals surface area contributed by atoms with Crippen molar-refractivity contribution >= 4 is 42.7 Å². The Balaban J connectivity index is 1.29. The predicted octanol–water partition coefficient (Wildman–Crippen LogP) is 5.28. The molecule has 0 amide bonds. The number of benzene rings is 2. The molecule has 0 saturated heterocycles. The van der Waals surface area contributed by atoms with Crippen LogP contribution in [0.2, 0.25) is 0 Å². The summed E-state index contributed by atoms with van der Waals surface area (Å²) >= 11 is 0. The standard InChI is InChI=1S/C30H31FN6O3S/c1-35-26-15-21(40-28-10-6-9-27(31)34-28)11-12-22(26)24-17-32-36(30(38)29(24)35)18-20-7-5-8-25-23(20)16-33-37(25)19-39-13-14-41(2,3)4/h5-12,15-17H,13-14,18-19H2,1-4H3. The lowest BCUT2D eigenvalue weighted by Crippen LogP contribution is -2.24. The molecule has 41 heavy (non-hydrogen) atoms. The van der Waals surface area contributed by atoms with Crippen molar-refractivity contribution in [3.63, 3.8) is 0 Å². The molecular weight excluding hydrogens is 543 g/mol. The number of nitrogens with zero attached hydrogens (tertiary/aromatic N) is 6. The van der Waals surface area contributed by atoms with E-state index in [1.54, 1.807) is 18.3 Å². The summed E-state index contributed by atoms with van der Waals surface area (Å²) < 4.78 is 30.3. The zero-order chi connectivity index (χ0) is 28.7. The molecule has 11 heteroatoms. The van der Waals surface area contributed by atoms with Crippen LogP contribution in [-0.2, 0) is 25.1 Å². The largest absolute Gasteiger partial charge is 0.439 e. The van der Waals surface area contributed by atoms with Gasteiger partial charge in [0.25, 0.3) is 5.56 Å². The number of fused-ring (bicyclic) bond motifs is 4. The Bertz CT molecular complexity index is 1960. The summed E-state index contributed by atoms with van der Waals surface area (Å²) in [5, 5.41) is 11.6. The van der Waals surface area contributed by atoms with Crippen molar-refractivity contribution in [1.29, 1.82) is 0 Å². The number of ether oxygens (including phenoxy) is 2. The number of aryl methyl sites for hydroxylation is 1. The highest BCUT2D eigenvalue weighted by atomic mass is 32.3. The van der Waals surface area contributed by atoms with Crippen molar-refractivity contribution in [3.8, 4) is 11.6 Å². The molecule has 9 nitrogen and oxygen atoms in total. The third-order valence-corrected chi connectivity index (χ3v) is 8.43. The van der Waals surface area contributed by atoms with E-state index in [0.29, 0.717) is 31.1 Å². The Labute approximate surface area is 237 Å². The highest BCUT2D eigenvalue weighted by molar-refractivity contribution is 8.32. The molecule has 4 heterocycles. The molecule has 0 spiro atoms. The quantitative estimate of drug-likeness (QED) is 0.172. The monoisotopic (exact) mass is 574 g/mol. The molecule has 0 aliphatic heterocycles. The maximum atomic E-state index is 13.7. The molecule has 0 N–H and O–H groups in total. The Morgan fingerprint density at radius 1 is 0.902 bits per heavy atom. The van der Waals surface area contributed by atoms with Crippen LogP contribution in [0.5, 0.6) is 11.6 Å². The Kier molecular flexibility index (Phi) is 7.00. The van der Waals surface area contributed by atoms with Gasteiger partial charge in [-0.25, -0.2) is 19.4 Å². The first-order valence-electron chi connectivity index (χ1n) is 13.1. The van der Waals surface area contributed by atoms with Gasteiger partial charge in [0.15, 0.2) is 0 Å². The van der Waals surface area contributed by atoms with E-state index in [4.69, 9.17) is 9.47 Å². The van der Waals surface area contributed by atoms with Crippen LogP contribution >= 0.6 is 10.0 Å². The van der Waals surface area contributed by atoms with Crippen molar-refractivity contribution in [3.05, 3.63) is 88.9 Å². The number of aromatic nitrogens is 6. The third-order valence-electron chi connectivity index (χ3n) is 7.04. The predicted molar refractivity (Wildman–Crippen MR) is 162 cm³/mol. The van der Waals surface area contributed by atoms with E-state index in [0.717, 1.165) is 38.5 Å². The smallest absolute Gasteiger partial charge is 0.291 e. The van der Waals surface area contributed by atoms with Gasteiger partial charge in [-0.05, 0) is 48.6 Å². The van der Waals surface area contributed by atoms with E-state index in [9.17, 15) is 9.18 Å². The van der Waals surface area contributed by atoms with E-state index in [1.165, 1.54) is 16.8 Å². The van der Waals surface area contributed by atoms with Gasteiger partial charge in [-0.3, -0.25) is 4.79 Å². The number of hydrogen-bond acceptors (Lipinski definition) is 6. The molecule has 0 radical (unpaired) electrons. The van der Waals surface area contributed by atoms with Crippen LogP contribution in [0.3, 0.4) is 0 Å². The highest BCUT2D eigenvalue weighted by Gasteiger charge is 2.16. The van der Waals surface area contributed by atoms with Gasteiger partial charge < -0.3 is 14.0 Å². The second kappa shape index (κ2) is 10.6. The fraction of sp³-hybridized carbons (Fsp3) is 0.267. The summed E-state index contributed by atoms with van der Waals surface area (Å²) in [7, 11) is 1.23. The maximum Gasteiger partial charge on any atom is 0.291 e. The van der Waals surface area contributed by atoms with Gasteiger partial charge in [0, 0.05) is 41.1 Å². The first-order valence-corrected chi connectivity index (χ1v) is 16.2. The second-order valence-corrected chi connectivity index (χ2v) is 15.4. The molecule has 2 aromatic carbocycles. The van der Waals surface area contributed by atoms with Gasteiger partial charge in [-0.2, -0.15) is 19.6 Å². The van der Waals surface area contributed by atoms with Crippen molar-refractivity contribution in [2.24, 2.45) is 7.05 Å². The number of halogens is 1. The van der Waals surface area contributed by atoms with E-state index < -0.39 is 16.0 Å². The maximum absolute atomic E-state index is 13.7. The number of hydrogen-bond donors (Lipinski definition) is 0. The lowest BCUT2D eigenvalue weighted by Gasteiger charge is -2.24. The van der Waals surface area contributed by atoms with E-state index in [1.807, 2.05) is 52.8 Å². The minimum absolute atomic E-state index is 0.155. The van der Waals surface area contributed by atoms with Gasteiger partial charge in [0.05, 0.1) is 36.6 Å². The van der Waals surface area contributed by atoms with Gasteiger partial charge in [0.1, 0.15) is 18.0 Å². The summed E-state index contributed by atoms with van der Waals surface area (Å²) in [6, 6.07) is 15.8. The normalized spacial score (nSPS) is 12.5. The van der Waals surface area contributed by atoms with E-state index >= 15 is 0 Å². The van der Waals surface area contributed by atoms with Crippen molar-refractivity contribution in [1.82, 2.24) is 29.1 Å². The molecule has 0 saturated carbocycles. The topological polar surface area (TPSA) is 89.0 Å². The van der Waals surface area contributed by atoms with Crippen molar-refractivity contribution in [2.75, 3.05) is 31.1 Å². The number of rotatable bonds is 9. The molecule has 4 aromatic heterocycles. The van der Waals surface area contributed by atoms with Crippen molar-refractivity contribution < 1.29 is 13.9 Å². The summed E-state index contributed by atoms with van der Waals surface area (Å²) in [6.07, 6.45) is 10.4. The zero-order valence-corrected chi connectivity index (χ0v) is 24.2. The summed E-state index contributed by atoms with van der Waals surface area (Å²) in [5.74, 6) is 1.07.